The molecule has 74 valence electrons. The Morgan fingerprint density at radius 1 is 1.62 bits per heavy atom. The highest BCUT2D eigenvalue weighted by Gasteiger charge is 2.08. The number of aliphatic hydroxyl groups excluding tert-OH is 1. The van der Waals surface area contributed by atoms with Gasteiger partial charge in [0.05, 0.1) is 11.8 Å². The zero-order valence-corrected chi connectivity index (χ0v) is 8.44. The van der Waals surface area contributed by atoms with Crippen molar-refractivity contribution in [3.05, 3.63) is 18.0 Å². The van der Waals surface area contributed by atoms with Crippen LogP contribution in [0.1, 0.15) is 5.69 Å². The minimum absolute atomic E-state index is 0.329. The molecule has 0 bridgehead atoms. The highest BCUT2D eigenvalue weighted by Crippen LogP contribution is 2.00. The molecule has 4 nitrogen and oxygen atoms in total. The highest BCUT2D eigenvalue weighted by molar-refractivity contribution is 5.00. The Kier molecular flexibility index (Phi) is 3.45. The molecule has 1 rings (SSSR count). The van der Waals surface area contributed by atoms with Crippen molar-refractivity contribution in [2.24, 2.45) is 7.05 Å². The molecular weight excluding hydrogens is 166 g/mol. The first kappa shape index (κ1) is 10.2. The lowest BCUT2D eigenvalue weighted by Gasteiger charge is -2.14. The molecular formula is C9H17N3O. The normalized spacial score (nSPS) is 13.6. The molecule has 1 atom stereocenters. The van der Waals surface area contributed by atoms with Crippen molar-refractivity contribution in [2.75, 3.05) is 20.6 Å². The fourth-order valence-electron chi connectivity index (χ4n) is 1.30. The van der Waals surface area contributed by atoms with Gasteiger partial charge in [0, 0.05) is 26.2 Å². The van der Waals surface area contributed by atoms with Crippen LogP contribution in [0.4, 0.5) is 0 Å². The van der Waals surface area contributed by atoms with Crippen molar-refractivity contribution in [1.29, 1.82) is 0 Å². The average Bonchev–Trinajstić information content (AvgIpc) is 2.33. The number of likely N-dealkylation sites (N-methyl/N-ethyl adjacent to an activating group) is 1. The summed E-state index contributed by atoms with van der Waals surface area (Å²) in [6, 6.07) is 1.93. The van der Waals surface area contributed by atoms with E-state index in [9.17, 15) is 5.11 Å². The van der Waals surface area contributed by atoms with E-state index in [0.717, 1.165) is 5.69 Å². The maximum absolute atomic E-state index is 9.59. The van der Waals surface area contributed by atoms with Crippen molar-refractivity contribution in [3.8, 4) is 0 Å². The fourth-order valence-corrected chi connectivity index (χ4v) is 1.30. The monoisotopic (exact) mass is 183 g/mol. The van der Waals surface area contributed by atoms with Crippen LogP contribution in [-0.2, 0) is 13.5 Å². The van der Waals surface area contributed by atoms with Crippen LogP contribution in [0.5, 0.6) is 0 Å². The van der Waals surface area contributed by atoms with E-state index < -0.39 is 0 Å². The Labute approximate surface area is 78.8 Å². The number of hydrogen-bond acceptors (Lipinski definition) is 3. The van der Waals surface area contributed by atoms with E-state index in [4.69, 9.17) is 0 Å². The molecule has 13 heavy (non-hydrogen) atoms. The third kappa shape index (κ3) is 3.57. The highest BCUT2D eigenvalue weighted by atomic mass is 16.3. The minimum atomic E-state index is -0.329. The van der Waals surface area contributed by atoms with Crippen molar-refractivity contribution < 1.29 is 5.11 Å². The summed E-state index contributed by atoms with van der Waals surface area (Å²) in [7, 11) is 5.77. The van der Waals surface area contributed by atoms with E-state index in [2.05, 4.69) is 5.10 Å². The predicted molar refractivity (Wildman–Crippen MR) is 51.5 cm³/mol. The number of aromatic nitrogens is 2. The molecule has 0 aliphatic carbocycles. The van der Waals surface area contributed by atoms with Crippen LogP contribution in [0.3, 0.4) is 0 Å². The summed E-state index contributed by atoms with van der Waals surface area (Å²) < 4.78 is 1.75. The Morgan fingerprint density at radius 3 is 2.77 bits per heavy atom. The van der Waals surface area contributed by atoms with E-state index in [0.29, 0.717) is 13.0 Å². The Bertz CT molecular complexity index is 257. The topological polar surface area (TPSA) is 41.3 Å². The van der Waals surface area contributed by atoms with Gasteiger partial charge in [-0.2, -0.15) is 5.10 Å². The lowest BCUT2D eigenvalue weighted by atomic mass is 10.2. The molecule has 4 heteroatoms. The first-order chi connectivity index (χ1) is 6.08. The van der Waals surface area contributed by atoms with Crippen molar-refractivity contribution >= 4 is 0 Å². The van der Waals surface area contributed by atoms with Crippen LogP contribution in [0.2, 0.25) is 0 Å². The zero-order valence-electron chi connectivity index (χ0n) is 8.44. The van der Waals surface area contributed by atoms with Gasteiger partial charge >= 0.3 is 0 Å². The number of nitrogens with zero attached hydrogens (tertiary/aromatic N) is 3. The van der Waals surface area contributed by atoms with Gasteiger partial charge < -0.3 is 10.0 Å². The van der Waals surface area contributed by atoms with E-state index in [-0.39, 0.29) is 6.10 Å². The van der Waals surface area contributed by atoms with Gasteiger partial charge in [-0.3, -0.25) is 4.68 Å². The molecule has 1 unspecified atom stereocenters. The van der Waals surface area contributed by atoms with Crippen LogP contribution in [0.25, 0.3) is 0 Å². The number of aryl methyl sites for hydroxylation is 1. The average molecular weight is 183 g/mol. The van der Waals surface area contributed by atoms with Gasteiger partial charge in [-0.15, -0.1) is 0 Å². The molecule has 1 N–H and O–H groups in total. The van der Waals surface area contributed by atoms with Gasteiger partial charge in [-0.05, 0) is 20.2 Å². The molecule has 0 aliphatic rings. The predicted octanol–water partition coefficient (Wildman–Crippen LogP) is -0.115. The van der Waals surface area contributed by atoms with E-state index in [1.54, 1.807) is 4.68 Å². The standard InChI is InChI=1S/C9H17N3O/c1-11(2)7-9(13)6-8-4-5-12(3)10-8/h4-5,9,13H,6-7H2,1-3H3. The van der Waals surface area contributed by atoms with Crippen LogP contribution in [0.15, 0.2) is 12.3 Å². The minimum Gasteiger partial charge on any atom is -0.391 e. The first-order valence-electron chi connectivity index (χ1n) is 4.39. The Morgan fingerprint density at radius 2 is 2.31 bits per heavy atom. The summed E-state index contributed by atoms with van der Waals surface area (Å²) in [6.07, 6.45) is 2.18. The molecule has 0 aliphatic heterocycles. The maximum Gasteiger partial charge on any atom is 0.0722 e. The molecule has 1 heterocycles. The first-order valence-corrected chi connectivity index (χ1v) is 4.39. The zero-order chi connectivity index (χ0) is 9.84. The molecule has 0 saturated heterocycles. The van der Waals surface area contributed by atoms with Crippen molar-refractivity contribution in [3.63, 3.8) is 0 Å². The largest absolute Gasteiger partial charge is 0.391 e. The van der Waals surface area contributed by atoms with Crippen LogP contribution < -0.4 is 0 Å². The van der Waals surface area contributed by atoms with Crippen molar-refractivity contribution in [1.82, 2.24) is 14.7 Å². The second-order valence-electron chi connectivity index (χ2n) is 3.60. The summed E-state index contributed by atoms with van der Waals surface area (Å²) >= 11 is 0. The molecule has 0 aromatic carbocycles. The molecule has 0 radical (unpaired) electrons. The van der Waals surface area contributed by atoms with Crippen molar-refractivity contribution in [2.45, 2.75) is 12.5 Å². The van der Waals surface area contributed by atoms with Gasteiger partial charge in [-0.1, -0.05) is 0 Å². The van der Waals surface area contributed by atoms with E-state index >= 15 is 0 Å². The second-order valence-corrected chi connectivity index (χ2v) is 3.60. The van der Waals surface area contributed by atoms with Gasteiger partial charge in [0.25, 0.3) is 0 Å². The van der Waals surface area contributed by atoms with Gasteiger partial charge in [0.15, 0.2) is 0 Å². The van der Waals surface area contributed by atoms with Gasteiger partial charge in [0.2, 0.25) is 0 Å². The van der Waals surface area contributed by atoms with Gasteiger partial charge in [-0.25, -0.2) is 0 Å². The number of hydrogen-bond donors (Lipinski definition) is 1. The van der Waals surface area contributed by atoms with E-state index in [1.165, 1.54) is 0 Å². The molecule has 0 amide bonds. The molecule has 0 spiro atoms. The maximum atomic E-state index is 9.59. The molecule has 1 aromatic heterocycles. The quantitative estimate of drug-likeness (QED) is 0.708. The number of aliphatic hydroxyl groups is 1. The summed E-state index contributed by atoms with van der Waals surface area (Å²) in [6.45, 7) is 0.677. The molecule has 0 saturated carbocycles. The number of rotatable bonds is 4. The summed E-state index contributed by atoms with van der Waals surface area (Å²) in [5.41, 5.74) is 0.942. The van der Waals surface area contributed by atoms with Crippen LogP contribution in [0, 0.1) is 0 Å². The second kappa shape index (κ2) is 4.39. The lowest BCUT2D eigenvalue weighted by Crippen LogP contribution is -2.27. The van der Waals surface area contributed by atoms with E-state index in [1.807, 2.05) is 38.3 Å². The third-order valence-corrected chi connectivity index (χ3v) is 1.79. The Balaban J connectivity index is 2.40. The smallest absolute Gasteiger partial charge is 0.0722 e. The molecule has 0 fully saturated rings. The summed E-state index contributed by atoms with van der Waals surface area (Å²) in [5, 5.41) is 13.8. The third-order valence-electron chi connectivity index (χ3n) is 1.79. The fraction of sp³-hybridized carbons (Fsp3) is 0.667. The van der Waals surface area contributed by atoms with Crippen LogP contribution >= 0.6 is 0 Å². The SMILES string of the molecule is CN(C)CC(O)Cc1ccn(C)n1. The Hall–Kier alpha value is -0.870. The lowest BCUT2D eigenvalue weighted by molar-refractivity contribution is 0.136. The summed E-state index contributed by atoms with van der Waals surface area (Å²) in [4.78, 5) is 1.97. The summed E-state index contributed by atoms with van der Waals surface area (Å²) in [5.74, 6) is 0. The molecule has 1 aromatic rings. The van der Waals surface area contributed by atoms with Gasteiger partial charge in [0.1, 0.15) is 0 Å². The van der Waals surface area contributed by atoms with Crippen LogP contribution in [-0.4, -0.2) is 46.5 Å².